The number of halogens is 1. The first-order valence-electron chi connectivity index (χ1n) is 6.73. The van der Waals surface area contributed by atoms with Crippen LogP contribution in [0.2, 0.25) is 0 Å². The van der Waals surface area contributed by atoms with Crippen LogP contribution < -0.4 is 4.74 Å². The fourth-order valence-corrected chi connectivity index (χ4v) is 3.95. The van der Waals surface area contributed by atoms with E-state index in [1.54, 1.807) is 0 Å². The largest absolute Gasteiger partial charge is 0.489 e. The molecule has 2 nitrogen and oxygen atoms in total. The molecule has 0 radical (unpaired) electrons. The summed E-state index contributed by atoms with van der Waals surface area (Å²) < 4.78 is 7.24. The fourth-order valence-electron chi connectivity index (χ4n) is 3.48. The van der Waals surface area contributed by atoms with Crippen LogP contribution >= 0.6 is 15.9 Å². The molecule has 1 N–H and O–H groups in total. The lowest BCUT2D eigenvalue weighted by atomic mass is 9.62. The third-order valence-electron chi connectivity index (χ3n) is 4.68. The van der Waals surface area contributed by atoms with Gasteiger partial charge in [0.1, 0.15) is 11.9 Å². The molecule has 2 unspecified atom stereocenters. The van der Waals surface area contributed by atoms with Crippen LogP contribution in [0.5, 0.6) is 5.75 Å². The lowest BCUT2D eigenvalue weighted by molar-refractivity contribution is -0.152. The van der Waals surface area contributed by atoms with Gasteiger partial charge in [0.25, 0.3) is 0 Å². The minimum atomic E-state index is -0.152. The Balaban J connectivity index is 1.77. The van der Waals surface area contributed by atoms with Gasteiger partial charge in [0.05, 0.1) is 6.10 Å². The summed E-state index contributed by atoms with van der Waals surface area (Å²) in [6.07, 6.45) is 5.54. The molecule has 18 heavy (non-hydrogen) atoms. The molecule has 0 aliphatic heterocycles. The van der Waals surface area contributed by atoms with E-state index in [2.05, 4.69) is 28.9 Å². The predicted octanol–water partition coefficient (Wildman–Crippen LogP) is 3.83. The molecule has 0 heterocycles. The Kier molecular flexibility index (Phi) is 3.15. The maximum Gasteiger partial charge on any atom is 0.122 e. The van der Waals surface area contributed by atoms with Crippen molar-refractivity contribution in [2.24, 2.45) is 5.41 Å². The SMILES string of the molecule is Cc1cc(Br)ccc1OC1CC(O)C12CCCC2. The molecule has 1 spiro atoms. The van der Waals surface area contributed by atoms with Crippen LogP contribution in [0, 0.1) is 12.3 Å². The van der Waals surface area contributed by atoms with Gasteiger partial charge < -0.3 is 9.84 Å². The molecule has 2 aliphatic carbocycles. The summed E-state index contributed by atoms with van der Waals surface area (Å²) in [5.74, 6) is 0.960. The van der Waals surface area contributed by atoms with Crippen LogP contribution in [-0.4, -0.2) is 17.3 Å². The number of aliphatic hydroxyl groups excluding tert-OH is 1. The van der Waals surface area contributed by atoms with E-state index in [0.29, 0.717) is 0 Å². The monoisotopic (exact) mass is 310 g/mol. The molecule has 1 aromatic carbocycles. The Hall–Kier alpha value is -0.540. The zero-order valence-electron chi connectivity index (χ0n) is 10.7. The molecule has 3 rings (SSSR count). The summed E-state index contributed by atoms with van der Waals surface area (Å²) in [6.45, 7) is 2.07. The number of rotatable bonds is 2. The summed E-state index contributed by atoms with van der Waals surface area (Å²) in [6, 6.07) is 6.11. The molecule has 98 valence electrons. The van der Waals surface area contributed by atoms with Crippen molar-refractivity contribution < 1.29 is 9.84 Å². The lowest BCUT2D eigenvalue weighted by Gasteiger charge is -2.51. The van der Waals surface area contributed by atoms with E-state index < -0.39 is 0 Å². The minimum Gasteiger partial charge on any atom is -0.489 e. The molecule has 2 aliphatic rings. The van der Waals surface area contributed by atoms with Crippen molar-refractivity contribution in [3.8, 4) is 5.75 Å². The van der Waals surface area contributed by atoms with E-state index >= 15 is 0 Å². The fraction of sp³-hybridized carbons (Fsp3) is 0.600. The minimum absolute atomic E-state index is 0.0551. The van der Waals surface area contributed by atoms with E-state index in [9.17, 15) is 5.11 Å². The van der Waals surface area contributed by atoms with Crippen molar-refractivity contribution in [1.82, 2.24) is 0 Å². The number of hydrogen-bond acceptors (Lipinski definition) is 2. The second-order valence-electron chi connectivity index (χ2n) is 5.71. The van der Waals surface area contributed by atoms with Crippen LogP contribution in [0.15, 0.2) is 22.7 Å². The van der Waals surface area contributed by atoms with Crippen molar-refractivity contribution >= 4 is 15.9 Å². The van der Waals surface area contributed by atoms with E-state index in [4.69, 9.17) is 4.74 Å². The highest BCUT2D eigenvalue weighted by Gasteiger charge is 2.57. The predicted molar refractivity (Wildman–Crippen MR) is 74.8 cm³/mol. The van der Waals surface area contributed by atoms with Crippen LogP contribution in [0.25, 0.3) is 0 Å². The molecule has 0 aromatic heterocycles. The molecule has 0 saturated heterocycles. The second kappa shape index (κ2) is 4.53. The van der Waals surface area contributed by atoms with Gasteiger partial charge in [-0.2, -0.15) is 0 Å². The van der Waals surface area contributed by atoms with Crippen LogP contribution in [0.3, 0.4) is 0 Å². The molecule has 2 atom stereocenters. The summed E-state index contributed by atoms with van der Waals surface area (Å²) >= 11 is 3.47. The summed E-state index contributed by atoms with van der Waals surface area (Å²) in [5.41, 5.74) is 1.21. The van der Waals surface area contributed by atoms with Gasteiger partial charge in [-0.3, -0.25) is 0 Å². The standard InChI is InChI=1S/C15H19BrO2/c1-10-8-11(16)4-5-12(10)18-14-9-13(17)15(14)6-2-3-7-15/h4-5,8,13-14,17H,2-3,6-7,9H2,1H3. The maximum atomic E-state index is 10.1. The van der Waals surface area contributed by atoms with Gasteiger partial charge in [-0.1, -0.05) is 28.8 Å². The van der Waals surface area contributed by atoms with Gasteiger partial charge in [-0.25, -0.2) is 0 Å². The number of hydrogen-bond donors (Lipinski definition) is 1. The van der Waals surface area contributed by atoms with Gasteiger partial charge >= 0.3 is 0 Å². The van der Waals surface area contributed by atoms with Gasteiger partial charge in [0.2, 0.25) is 0 Å². The molecule has 0 bridgehead atoms. The van der Waals surface area contributed by atoms with Gasteiger partial charge in [0.15, 0.2) is 0 Å². The Labute approximate surface area is 116 Å². The third-order valence-corrected chi connectivity index (χ3v) is 5.18. The first kappa shape index (κ1) is 12.5. The number of ether oxygens (including phenoxy) is 1. The van der Waals surface area contributed by atoms with E-state index in [1.807, 2.05) is 12.1 Å². The number of benzene rings is 1. The topological polar surface area (TPSA) is 29.5 Å². The molecule has 3 heteroatoms. The smallest absolute Gasteiger partial charge is 0.122 e. The summed E-state index contributed by atoms with van der Waals surface area (Å²) in [5, 5.41) is 10.1. The van der Waals surface area contributed by atoms with E-state index in [0.717, 1.165) is 35.0 Å². The highest BCUT2D eigenvalue weighted by molar-refractivity contribution is 9.10. The maximum absolute atomic E-state index is 10.1. The number of aryl methyl sites for hydroxylation is 1. The van der Waals surface area contributed by atoms with Crippen molar-refractivity contribution in [1.29, 1.82) is 0 Å². The average molecular weight is 311 g/mol. The van der Waals surface area contributed by atoms with Gasteiger partial charge in [-0.15, -0.1) is 0 Å². The zero-order chi connectivity index (χ0) is 12.8. The quantitative estimate of drug-likeness (QED) is 0.899. The Morgan fingerprint density at radius 3 is 2.67 bits per heavy atom. The molecular weight excluding hydrogens is 292 g/mol. The van der Waals surface area contributed by atoms with E-state index in [-0.39, 0.29) is 17.6 Å². The molecule has 0 amide bonds. The number of aliphatic hydroxyl groups is 1. The summed E-state index contributed by atoms with van der Waals surface area (Å²) in [7, 11) is 0. The van der Waals surface area contributed by atoms with Crippen molar-refractivity contribution in [2.75, 3.05) is 0 Å². The van der Waals surface area contributed by atoms with Crippen molar-refractivity contribution in [2.45, 2.75) is 51.2 Å². The van der Waals surface area contributed by atoms with Gasteiger partial charge in [0, 0.05) is 16.3 Å². The Morgan fingerprint density at radius 2 is 2.06 bits per heavy atom. The normalized spacial score (nSPS) is 29.3. The zero-order valence-corrected chi connectivity index (χ0v) is 12.2. The third kappa shape index (κ3) is 1.88. The van der Waals surface area contributed by atoms with Crippen molar-refractivity contribution in [3.05, 3.63) is 28.2 Å². The highest BCUT2D eigenvalue weighted by Crippen LogP contribution is 2.54. The van der Waals surface area contributed by atoms with Crippen molar-refractivity contribution in [3.63, 3.8) is 0 Å². The highest BCUT2D eigenvalue weighted by atomic mass is 79.9. The Bertz CT molecular complexity index is 452. The molecule has 1 aromatic rings. The molecule has 2 fully saturated rings. The van der Waals surface area contributed by atoms with Crippen LogP contribution in [0.4, 0.5) is 0 Å². The molecular formula is C15H19BrO2. The van der Waals surface area contributed by atoms with E-state index in [1.165, 1.54) is 12.8 Å². The summed E-state index contributed by atoms with van der Waals surface area (Å²) in [4.78, 5) is 0. The van der Waals surface area contributed by atoms with Crippen LogP contribution in [0.1, 0.15) is 37.7 Å². The Morgan fingerprint density at radius 1 is 1.33 bits per heavy atom. The second-order valence-corrected chi connectivity index (χ2v) is 6.62. The lowest BCUT2D eigenvalue weighted by Crippen LogP contribution is -2.58. The first-order chi connectivity index (χ1) is 8.62. The molecule has 2 saturated carbocycles. The average Bonchev–Trinajstić information content (AvgIpc) is 2.83. The van der Waals surface area contributed by atoms with Gasteiger partial charge in [-0.05, 0) is 43.5 Å². The first-order valence-corrected chi connectivity index (χ1v) is 7.52. The van der Waals surface area contributed by atoms with Crippen LogP contribution in [-0.2, 0) is 0 Å².